The van der Waals surface area contributed by atoms with Crippen LogP contribution in [0.4, 0.5) is 0 Å². The first-order valence-electron chi connectivity index (χ1n) is 12.8. The predicted octanol–water partition coefficient (Wildman–Crippen LogP) is 2.53. The highest BCUT2D eigenvalue weighted by atomic mass is 17.3. The van der Waals surface area contributed by atoms with Crippen LogP contribution in [0.3, 0.4) is 0 Å². The Morgan fingerprint density at radius 1 is 0.903 bits per heavy atom. The highest BCUT2D eigenvalue weighted by molar-refractivity contribution is 5.76. The maximum atomic E-state index is 12.8. The van der Waals surface area contributed by atoms with Crippen molar-refractivity contribution in [1.29, 1.82) is 0 Å². The van der Waals surface area contributed by atoms with Gasteiger partial charge in [-0.2, -0.15) is 9.78 Å². The van der Waals surface area contributed by atoms with E-state index in [1.165, 1.54) is 32.1 Å². The molecule has 0 aromatic heterocycles. The van der Waals surface area contributed by atoms with Gasteiger partial charge in [-0.15, -0.1) is 0 Å². The molecule has 31 heavy (non-hydrogen) atoms. The first-order chi connectivity index (χ1) is 15.1. The predicted molar refractivity (Wildman–Crippen MR) is 112 cm³/mol. The molecule has 0 aromatic rings. The summed E-state index contributed by atoms with van der Waals surface area (Å²) in [4.78, 5) is 29.2. The third kappa shape index (κ3) is 3.65. The Morgan fingerprint density at radius 3 is 2.16 bits per heavy atom. The number of hydrogen-bond donors (Lipinski definition) is 1. The van der Waals surface area contributed by atoms with Crippen LogP contribution < -0.4 is 0 Å². The molecule has 2 heterocycles. The van der Waals surface area contributed by atoms with Gasteiger partial charge in [-0.25, -0.2) is 0 Å². The van der Waals surface area contributed by atoms with E-state index in [1.54, 1.807) is 0 Å². The van der Waals surface area contributed by atoms with Crippen LogP contribution in [0.5, 0.6) is 0 Å². The summed E-state index contributed by atoms with van der Waals surface area (Å²) in [7, 11) is 0. The van der Waals surface area contributed by atoms with Gasteiger partial charge in [-0.05, 0) is 62.7 Å². The smallest absolute Gasteiger partial charge is 0.222 e. The Hall–Kier alpha value is -0.730. The molecule has 2 spiro atoms. The molecule has 0 aromatic carbocycles. The number of β-amino-alcohol motifs (C(OH)–C–C–N with tert-alkyl or cyclic N) is 1. The SMILES string of the molecule is O=C(CC1CCC2(CC1)OOC1(O2)C2CC3CC(C2)CC1C3)N1CCN(CCO)CC1. The van der Waals surface area contributed by atoms with Gasteiger partial charge in [0, 0.05) is 63.8 Å². The fraction of sp³-hybridized carbons (Fsp3) is 0.958. The van der Waals surface area contributed by atoms with Gasteiger partial charge in [-0.1, -0.05) is 0 Å². The van der Waals surface area contributed by atoms with Gasteiger partial charge >= 0.3 is 0 Å². The lowest BCUT2D eigenvalue weighted by molar-refractivity contribution is -0.390. The Balaban J connectivity index is 1.01. The summed E-state index contributed by atoms with van der Waals surface area (Å²) < 4.78 is 6.79. The number of ether oxygens (including phenoxy) is 1. The van der Waals surface area contributed by atoms with Crippen molar-refractivity contribution in [3.05, 3.63) is 0 Å². The number of piperazine rings is 1. The average Bonchev–Trinajstić information content (AvgIpc) is 3.14. The van der Waals surface area contributed by atoms with Gasteiger partial charge in [0.25, 0.3) is 0 Å². The molecule has 5 aliphatic carbocycles. The summed E-state index contributed by atoms with van der Waals surface area (Å²) in [5.74, 6) is 2.41. The summed E-state index contributed by atoms with van der Waals surface area (Å²) in [6, 6.07) is 0. The van der Waals surface area contributed by atoms with Crippen LogP contribution in [-0.4, -0.2) is 71.7 Å². The molecule has 7 fully saturated rings. The van der Waals surface area contributed by atoms with Gasteiger partial charge in [0.2, 0.25) is 17.5 Å². The van der Waals surface area contributed by atoms with Crippen LogP contribution in [0.2, 0.25) is 0 Å². The minimum Gasteiger partial charge on any atom is -0.395 e. The Morgan fingerprint density at radius 2 is 1.55 bits per heavy atom. The second-order valence-electron chi connectivity index (χ2n) is 11.3. The van der Waals surface area contributed by atoms with Crippen molar-refractivity contribution >= 4 is 5.91 Å². The van der Waals surface area contributed by atoms with Crippen LogP contribution in [0.15, 0.2) is 0 Å². The van der Waals surface area contributed by atoms with Crippen molar-refractivity contribution in [2.75, 3.05) is 39.3 Å². The Bertz CT molecular complexity index is 655. The molecule has 0 unspecified atom stereocenters. The topological polar surface area (TPSA) is 71.5 Å². The van der Waals surface area contributed by atoms with Gasteiger partial charge in [0.1, 0.15) is 0 Å². The second-order valence-corrected chi connectivity index (χ2v) is 11.3. The van der Waals surface area contributed by atoms with E-state index in [1.807, 2.05) is 4.90 Å². The normalized spacial score (nSPS) is 47.0. The summed E-state index contributed by atoms with van der Waals surface area (Å²) in [6.07, 6.45) is 10.6. The van der Waals surface area contributed by atoms with E-state index in [2.05, 4.69) is 4.90 Å². The molecule has 2 saturated heterocycles. The van der Waals surface area contributed by atoms with Crippen molar-refractivity contribution in [3.8, 4) is 0 Å². The first kappa shape index (κ1) is 20.8. The van der Waals surface area contributed by atoms with E-state index in [9.17, 15) is 4.79 Å². The van der Waals surface area contributed by atoms with E-state index in [4.69, 9.17) is 19.6 Å². The van der Waals surface area contributed by atoms with Crippen molar-refractivity contribution in [2.24, 2.45) is 29.6 Å². The minimum atomic E-state index is -0.579. The van der Waals surface area contributed by atoms with Crippen molar-refractivity contribution in [2.45, 2.75) is 75.8 Å². The number of rotatable bonds is 4. The molecule has 7 heteroatoms. The molecule has 0 atom stereocenters. The van der Waals surface area contributed by atoms with E-state index < -0.39 is 11.6 Å². The standard InChI is InChI=1S/C24H38N2O5/c27-10-9-25-5-7-26(8-6-25)22(28)16-17-1-3-23(4-2-17)29-24(31-30-23)20-12-18-11-19(14-20)15-21(24)13-18/h17-21,27H,1-16H2. The van der Waals surface area contributed by atoms with Crippen LogP contribution in [-0.2, 0) is 19.3 Å². The van der Waals surface area contributed by atoms with Crippen LogP contribution in [0.1, 0.15) is 64.2 Å². The number of nitrogens with zero attached hydrogens (tertiary/aromatic N) is 2. The lowest BCUT2D eigenvalue weighted by atomic mass is 9.53. The third-order valence-electron chi connectivity index (χ3n) is 9.42. The minimum absolute atomic E-state index is 0.190. The quantitative estimate of drug-likeness (QED) is 0.686. The molecular weight excluding hydrogens is 396 g/mol. The third-order valence-corrected chi connectivity index (χ3v) is 9.42. The summed E-state index contributed by atoms with van der Waals surface area (Å²) in [5, 5.41) is 9.09. The number of carbonyl (C=O) groups is 1. The van der Waals surface area contributed by atoms with Crippen LogP contribution in [0.25, 0.3) is 0 Å². The van der Waals surface area contributed by atoms with Crippen molar-refractivity contribution in [3.63, 3.8) is 0 Å². The lowest BCUT2D eigenvalue weighted by Crippen LogP contribution is -2.59. The summed E-state index contributed by atoms with van der Waals surface area (Å²) in [6.45, 7) is 4.19. The Labute approximate surface area is 185 Å². The average molecular weight is 435 g/mol. The zero-order chi connectivity index (χ0) is 21.1. The zero-order valence-electron chi connectivity index (χ0n) is 18.7. The van der Waals surface area contributed by atoms with Crippen molar-refractivity contribution in [1.82, 2.24) is 9.80 Å². The molecule has 2 aliphatic heterocycles. The highest BCUT2D eigenvalue weighted by Crippen LogP contribution is 2.63. The van der Waals surface area contributed by atoms with Crippen LogP contribution in [0, 0.1) is 29.6 Å². The molecule has 174 valence electrons. The summed E-state index contributed by atoms with van der Waals surface area (Å²) in [5.41, 5.74) is 0. The van der Waals surface area contributed by atoms with Crippen molar-refractivity contribution < 1.29 is 24.4 Å². The molecule has 5 saturated carbocycles. The fourth-order valence-corrected chi connectivity index (χ4v) is 7.85. The number of hydrogen-bond acceptors (Lipinski definition) is 6. The zero-order valence-corrected chi connectivity index (χ0v) is 18.7. The monoisotopic (exact) mass is 434 g/mol. The largest absolute Gasteiger partial charge is 0.395 e. The van der Waals surface area contributed by atoms with E-state index >= 15 is 0 Å². The number of aliphatic hydroxyl groups is 1. The van der Waals surface area contributed by atoms with Gasteiger partial charge in [-0.3, -0.25) is 9.69 Å². The molecular formula is C24H38N2O5. The van der Waals surface area contributed by atoms with E-state index in [0.29, 0.717) is 30.7 Å². The van der Waals surface area contributed by atoms with Gasteiger partial charge < -0.3 is 14.7 Å². The Kier molecular flexibility index (Phi) is 5.34. The fourth-order valence-electron chi connectivity index (χ4n) is 7.85. The van der Waals surface area contributed by atoms with E-state index in [-0.39, 0.29) is 12.5 Å². The highest BCUT2D eigenvalue weighted by Gasteiger charge is 2.66. The molecule has 4 bridgehead atoms. The lowest BCUT2D eigenvalue weighted by Gasteiger charge is -2.57. The number of aliphatic hydroxyl groups excluding tert-OH is 1. The molecule has 7 aliphatic rings. The molecule has 1 N–H and O–H groups in total. The molecule has 7 rings (SSSR count). The molecule has 0 radical (unpaired) electrons. The van der Waals surface area contributed by atoms with Crippen LogP contribution >= 0.6 is 0 Å². The molecule has 7 nitrogen and oxygen atoms in total. The number of amides is 1. The number of carbonyl (C=O) groups excluding carboxylic acids is 1. The van der Waals surface area contributed by atoms with E-state index in [0.717, 1.165) is 63.7 Å². The second kappa shape index (κ2) is 7.94. The maximum Gasteiger partial charge on any atom is 0.222 e. The van der Waals surface area contributed by atoms with Gasteiger partial charge in [0.05, 0.1) is 6.61 Å². The van der Waals surface area contributed by atoms with Gasteiger partial charge in [0.15, 0.2) is 0 Å². The first-order valence-corrected chi connectivity index (χ1v) is 12.8. The maximum absolute atomic E-state index is 12.8. The summed E-state index contributed by atoms with van der Waals surface area (Å²) >= 11 is 0. The molecule has 1 amide bonds.